The predicted octanol–water partition coefficient (Wildman–Crippen LogP) is 3.72. The zero-order chi connectivity index (χ0) is 14.7. The highest BCUT2D eigenvalue weighted by atomic mass is 15.2. The molecule has 0 unspecified atom stereocenters. The number of benzene rings is 1. The van der Waals surface area contributed by atoms with Crippen LogP contribution in [0.25, 0.3) is 10.8 Å². The van der Waals surface area contributed by atoms with Crippen molar-refractivity contribution in [2.24, 2.45) is 0 Å². The van der Waals surface area contributed by atoms with E-state index in [2.05, 4.69) is 48.5 Å². The molecule has 3 nitrogen and oxygen atoms in total. The van der Waals surface area contributed by atoms with E-state index in [1.54, 1.807) is 0 Å². The minimum absolute atomic E-state index is 0.653. The third kappa shape index (κ3) is 2.88. The SMILES string of the molecule is CCNCc1cnc(N(C)C2CCCC2)c2ccccc12. The van der Waals surface area contributed by atoms with Gasteiger partial charge in [0, 0.05) is 31.2 Å². The number of aromatic nitrogens is 1. The number of nitrogens with zero attached hydrogens (tertiary/aromatic N) is 2. The molecular weight excluding hydrogens is 258 g/mol. The maximum atomic E-state index is 4.79. The van der Waals surface area contributed by atoms with Crippen LogP contribution in [-0.2, 0) is 6.54 Å². The highest BCUT2D eigenvalue weighted by Gasteiger charge is 2.22. The van der Waals surface area contributed by atoms with Crippen LogP contribution in [0.3, 0.4) is 0 Å². The molecule has 1 aromatic carbocycles. The summed E-state index contributed by atoms with van der Waals surface area (Å²) in [5.74, 6) is 1.14. The van der Waals surface area contributed by atoms with Crippen LogP contribution in [0.4, 0.5) is 5.82 Å². The Morgan fingerprint density at radius 2 is 1.90 bits per heavy atom. The van der Waals surface area contributed by atoms with Gasteiger partial charge in [-0.1, -0.05) is 44.0 Å². The third-order valence-electron chi connectivity index (χ3n) is 4.63. The van der Waals surface area contributed by atoms with Gasteiger partial charge in [-0.05, 0) is 30.3 Å². The summed E-state index contributed by atoms with van der Waals surface area (Å²) in [6.07, 6.45) is 7.35. The van der Waals surface area contributed by atoms with E-state index in [9.17, 15) is 0 Å². The lowest BCUT2D eigenvalue weighted by Crippen LogP contribution is -2.29. The summed E-state index contributed by atoms with van der Waals surface area (Å²) in [4.78, 5) is 7.19. The number of hydrogen-bond donors (Lipinski definition) is 1. The second kappa shape index (κ2) is 6.44. The Bertz CT molecular complexity index is 602. The van der Waals surface area contributed by atoms with E-state index in [-0.39, 0.29) is 0 Å². The topological polar surface area (TPSA) is 28.2 Å². The van der Waals surface area contributed by atoms with Crippen molar-refractivity contribution in [3.63, 3.8) is 0 Å². The van der Waals surface area contributed by atoms with Gasteiger partial charge in [0.05, 0.1) is 0 Å². The van der Waals surface area contributed by atoms with E-state index in [0.717, 1.165) is 18.9 Å². The van der Waals surface area contributed by atoms with Crippen molar-refractivity contribution in [3.8, 4) is 0 Å². The molecule has 112 valence electrons. The molecule has 2 aromatic rings. The second-order valence-electron chi connectivity index (χ2n) is 5.98. The highest BCUT2D eigenvalue weighted by Crippen LogP contribution is 2.31. The largest absolute Gasteiger partial charge is 0.356 e. The van der Waals surface area contributed by atoms with Crippen molar-refractivity contribution < 1.29 is 0 Å². The fourth-order valence-electron chi connectivity index (χ4n) is 3.38. The Hall–Kier alpha value is -1.61. The zero-order valence-corrected chi connectivity index (χ0v) is 13.1. The van der Waals surface area contributed by atoms with E-state index in [4.69, 9.17) is 4.98 Å². The van der Waals surface area contributed by atoms with Gasteiger partial charge in [-0.25, -0.2) is 4.98 Å². The lowest BCUT2D eigenvalue weighted by atomic mass is 10.1. The molecule has 3 rings (SSSR count). The van der Waals surface area contributed by atoms with Crippen LogP contribution >= 0.6 is 0 Å². The number of anilines is 1. The van der Waals surface area contributed by atoms with E-state index in [1.165, 1.54) is 42.0 Å². The molecule has 21 heavy (non-hydrogen) atoms. The van der Waals surface area contributed by atoms with Crippen molar-refractivity contribution in [3.05, 3.63) is 36.0 Å². The van der Waals surface area contributed by atoms with Crippen LogP contribution in [0.5, 0.6) is 0 Å². The number of rotatable bonds is 5. The molecule has 1 aromatic heterocycles. The van der Waals surface area contributed by atoms with E-state index < -0.39 is 0 Å². The summed E-state index contributed by atoms with van der Waals surface area (Å²) >= 11 is 0. The average Bonchev–Trinajstić information content (AvgIpc) is 3.06. The molecule has 0 spiro atoms. The zero-order valence-electron chi connectivity index (χ0n) is 13.1. The van der Waals surface area contributed by atoms with Gasteiger partial charge in [-0.15, -0.1) is 0 Å². The van der Waals surface area contributed by atoms with Crippen LogP contribution < -0.4 is 10.2 Å². The Morgan fingerprint density at radius 1 is 1.19 bits per heavy atom. The van der Waals surface area contributed by atoms with E-state index in [1.807, 2.05) is 6.20 Å². The summed E-state index contributed by atoms with van der Waals surface area (Å²) in [5.41, 5.74) is 1.29. The van der Waals surface area contributed by atoms with Crippen LogP contribution in [0.2, 0.25) is 0 Å². The van der Waals surface area contributed by atoms with Gasteiger partial charge in [0.2, 0.25) is 0 Å². The highest BCUT2D eigenvalue weighted by molar-refractivity contribution is 5.94. The Balaban J connectivity index is 1.99. The molecule has 1 fully saturated rings. The summed E-state index contributed by atoms with van der Waals surface area (Å²) in [6.45, 7) is 4.01. The molecule has 1 aliphatic carbocycles. The third-order valence-corrected chi connectivity index (χ3v) is 4.63. The lowest BCUT2D eigenvalue weighted by Gasteiger charge is -2.27. The lowest BCUT2D eigenvalue weighted by molar-refractivity contribution is 0.648. The molecule has 0 aliphatic heterocycles. The van der Waals surface area contributed by atoms with Crippen molar-refractivity contribution in [1.82, 2.24) is 10.3 Å². The van der Waals surface area contributed by atoms with Crippen LogP contribution in [0, 0.1) is 0 Å². The first-order valence-corrected chi connectivity index (χ1v) is 8.11. The quantitative estimate of drug-likeness (QED) is 0.906. The van der Waals surface area contributed by atoms with Gasteiger partial charge < -0.3 is 10.2 Å². The molecule has 0 radical (unpaired) electrons. The fraction of sp³-hybridized carbons (Fsp3) is 0.500. The Morgan fingerprint density at radius 3 is 2.62 bits per heavy atom. The van der Waals surface area contributed by atoms with E-state index in [0.29, 0.717) is 6.04 Å². The number of pyridine rings is 1. The van der Waals surface area contributed by atoms with Crippen molar-refractivity contribution in [1.29, 1.82) is 0 Å². The molecule has 1 saturated carbocycles. The molecule has 0 bridgehead atoms. The molecule has 1 N–H and O–H groups in total. The smallest absolute Gasteiger partial charge is 0.136 e. The monoisotopic (exact) mass is 283 g/mol. The summed E-state index contributed by atoms with van der Waals surface area (Å²) in [7, 11) is 2.20. The van der Waals surface area contributed by atoms with Gasteiger partial charge >= 0.3 is 0 Å². The van der Waals surface area contributed by atoms with Crippen LogP contribution in [0.1, 0.15) is 38.2 Å². The number of fused-ring (bicyclic) bond motifs is 1. The van der Waals surface area contributed by atoms with Crippen molar-refractivity contribution >= 4 is 16.6 Å². The maximum Gasteiger partial charge on any atom is 0.136 e. The minimum Gasteiger partial charge on any atom is -0.356 e. The van der Waals surface area contributed by atoms with Crippen molar-refractivity contribution in [2.45, 2.75) is 45.2 Å². The second-order valence-corrected chi connectivity index (χ2v) is 5.98. The fourth-order valence-corrected chi connectivity index (χ4v) is 3.38. The Kier molecular flexibility index (Phi) is 4.39. The number of hydrogen-bond acceptors (Lipinski definition) is 3. The summed E-state index contributed by atoms with van der Waals surface area (Å²) in [5, 5.41) is 6.01. The maximum absolute atomic E-state index is 4.79. The normalized spacial score (nSPS) is 15.7. The first-order valence-electron chi connectivity index (χ1n) is 8.11. The minimum atomic E-state index is 0.653. The standard InChI is InChI=1S/C18H25N3/c1-3-19-12-14-13-20-18(17-11-7-6-10-16(14)17)21(2)15-8-4-5-9-15/h6-7,10-11,13,15,19H,3-5,8-9,12H2,1-2H3. The van der Waals surface area contributed by atoms with Crippen molar-refractivity contribution in [2.75, 3.05) is 18.5 Å². The van der Waals surface area contributed by atoms with Gasteiger partial charge in [0.25, 0.3) is 0 Å². The molecular formula is C18H25N3. The molecule has 1 aliphatic rings. The van der Waals surface area contributed by atoms with Gasteiger partial charge in [0.15, 0.2) is 0 Å². The summed E-state index contributed by atoms with van der Waals surface area (Å²) < 4.78 is 0. The average molecular weight is 283 g/mol. The van der Waals surface area contributed by atoms with Gasteiger partial charge in [0.1, 0.15) is 5.82 Å². The molecule has 0 atom stereocenters. The summed E-state index contributed by atoms with van der Waals surface area (Å²) in [6, 6.07) is 9.32. The molecule has 3 heteroatoms. The van der Waals surface area contributed by atoms with Crippen LogP contribution in [-0.4, -0.2) is 24.6 Å². The molecule has 0 amide bonds. The Labute approximate surface area is 127 Å². The van der Waals surface area contributed by atoms with Crippen LogP contribution in [0.15, 0.2) is 30.5 Å². The molecule has 1 heterocycles. The first-order chi connectivity index (χ1) is 10.3. The van der Waals surface area contributed by atoms with E-state index >= 15 is 0 Å². The van der Waals surface area contributed by atoms with Gasteiger partial charge in [-0.3, -0.25) is 0 Å². The molecule has 0 saturated heterocycles. The first kappa shape index (κ1) is 14.3. The predicted molar refractivity (Wildman–Crippen MR) is 89.8 cm³/mol. The number of nitrogens with one attached hydrogen (secondary N) is 1. The van der Waals surface area contributed by atoms with Gasteiger partial charge in [-0.2, -0.15) is 0 Å².